The van der Waals surface area contributed by atoms with Crippen molar-refractivity contribution >= 4 is 11.6 Å². The number of carbonyl (C=O) groups is 1. The topological polar surface area (TPSA) is 58.4 Å². The summed E-state index contributed by atoms with van der Waals surface area (Å²) in [4.78, 5) is 14.2. The first-order valence-electron chi connectivity index (χ1n) is 6.95. The number of likely N-dealkylation sites (N-methyl/N-ethyl adjacent to an activating group) is 1. The van der Waals surface area contributed by atoms with Gasteiger partial charge in [0.1, 0.15) is 6.04 Å². The quantitative estimate of drug-likeness (QED) is 0.868. The van der Waals surface area contributed by atoms with Gasteiger partial charge in [-0.15, -0.1) is 0 Å². The Morgan fingerprint density at radius 3 is 2.95 bits per heavy atom. The third-order valence-corrected chi connectivity index (χ3v) is 3.82. The van der Waals surface area contributed by atoms with Crippen LogP contribution in [0.4, 0.5) is 5.69 Å². The monoisotopic (exact) mass is 261 g/mol. The van der Waals surface area contributed by atoms with Crippen molar-refractivity contribution in [3.05, 3.63) is 29.3 Å². The van der Waals surface area contributed by atoms with Crippen LogP contribution in [0, 0.1) is 6.92 Å². The molecule has 1 unspecified atom stereocenters. The number of nitrogens with two attached hydrogens (primary N) is 1. The molecule has 1 fully saturated rings. The molecule has 1 aromatic rings. The van der Waals surface area contributed by atoms with Crippen molar-refractivity contribution in [3.63, 3.8) is 0 Å². The molecule has 4 heteroatoms. The fourth-order valence-corrected chi connectivity index (χ4v) is 2.82. The molecule has 3 N–H and O–H groups in total. The summed E-state index contributed by atoms with van der Waals surface area (Å²) in [5.41, 5.74) is 9.29. The fraction of sp³-hybridized carbons (Fsp3) is 0.533. The molecular weight excluding hydrogens is 238 g/mol. The van der Waals surface area contributed by atoms with Gasteiger partial charge in [0.05, 0.1) is 0 Å². The number of piperidine rings is 1. The molecule has 0 saturated carbocycles. The number of nitrogens with zero attached hydrogens (tertiary/aromatic N) is 1. The molecule has 1 atom stereocenters. The number of nitrogens with one attached hydrogen (secondary N) is 1. The number of amides is 1. The van der Waals surface area contributed by atoms with E-state index in [0.717, 1.165) is 37.1 Å². The summed E-state index contributed by atoms with van der Waals surface area (Å²) < 4.78 is 0. The summed E-state index contributed by atoms with van der Waals surface area (Å²) in [5.74, 6) is 0.100. The summed E-state index contributed by atoms with van der Waals surface area (Å²) in [6, 6.07) is 6.24. The highest BCUT2D eigenvalue weighted by molar-refractivity contribution is 5.85. The number of rotatable bonds is 3. The lowest BCUT2D eigenvalue weighted by atomic mass is 9.98. The molecule has 0 spiro atoms. The van der Waals surface area contributed by atoms with Crippen molar-refractivity contribution in [1.29, 1.82) is 0 Å². The fourth-order valence-electron chi connectivity index (χ4n) is 2.82. The van der Waals surface area contributed by atoms with Crippen LogP contribution < -0.4 is 16.0 Å². The maximum Gasteiger partial charge on any atom is 0.242 e. The number of benzene rings is 1. The van der Waals surface area contributed by atoms with Crippen LogP contribution in [0.25, 0.3) is 0 Å². The van der Waals surface area contributed by atoms with Gasteiger partial charge >= 0.3 is 0 Å². The van der Waals surface area contributed by atoms with E-state index in [1.807, 2.05) is 0 Å². The Morgan fingerprint density at radius 2 is 2.26 bits per heavy atom. The van der Waals surface area contributed by atoms with E-state index in [9.17, 15) is 4.79 Å². The van der Waals surface area contributed by atoms with E-state index in [2.05, 4.69) is 35.3 Å². The van der Waals surface area contributed by atoms with Gasteiger partial charge in [0.25, 0.3) is 0 Å². The van der Waals surface area contributed by atoms with E-state index in [1.54, 1.807) is 7.05 Å². The standard InChI is InChI=1S/C15H23N3O/c1-11-6-7-13(12(9-11)10-16)18-8-4-3-5-14(18)15(19)17-2/h6-7,9,14H,3-5,8,10,16H2,1-2H3,(H,17,19). The molecule has 2 rings (SSSR count). The van der Waals surface area contributed by atoms with Crippen LogP contribution in [0.2, 0.25) is 0 Å². The van der Waals surface area contributed by atoms with Gasteiger partial charge in [-0.2, -0.15) is 0 Å². The normalized spacial score (nSPS) is 19.3. The third-order valence-electron chi connectivity index (χ3n) is 3.82. The van der Waals surface area contributed by atoms with Gasteiger partial charge in [0, 0.05) is 25.8 Å². The molecule has 0 radical (unpaired) electrons. The van der Waals surface area contributed by atoms with Gasteiger partial charge in [-0.3, -0.25) is 4.79 Å². The van der Waals surface area contributed by atoms with Crippen LogP contribution in [0.1, 0.15) is 30.4 Å². The van der Waals surface area contributed by atoms with Crippen LogP contribution >= 0.6 is 0 Å². The SMILES string of the molecule is CNC(=O)C1CCCCN1c1ccc(C)cc1CN. The van der Waals surface area contributed by atoms with Crippen molar-refractivity contribution in [1.82, 2.24) is 5.32 Å². The molecule has 4 nitrogen and oxygen atoms in total. The largest absolute Gasteiger partial charge is 0.359 e. The second-order valence-electron chi connectivity index (χ2n) is 5.16. The van der Waals surface area contributed by atoms with Gasteiger partial charge in [0.15, 0.2) is 0 Å². The first-order valence-corrected chi connectivity index (χ1v) is 6.95. The van der Waals surface area contributed by atoms with Crippen molar-refractivity contribution in [2.24, 2.45) is 5.73 Å². The summed E-state index contributed by atoms with van der Waals surface area (Å²) in [6.45, 7) is 3.50. The molecule has 19 heavy (non-hydrogen) atoms. The Labute approximate surface area is 115 Å². The Hall–Kier alpha value is -1.55. The Bertz CT molecular complexity index is 459. The summed E-state index contributed by atoms with van der Waals surface area (Å²) in [6.07, 6.45) is 3.15. The minimum Gasteiger partial charge on any atom is -0.359 e. The van der Waals surface area contributed by atoms with E-state index in [4.69, 9.17) is 5.73 Å². The second-order valence-corrected chi connectivity index (χ2v) is 5.16. The number of hydrogen-bond acceptors (Lipinski definition) is 3. The van der Waals surface area contributed by atoms with Crippen LogP contribution in [-0.4, -0.2) is 25.5 Å². The van der Waals surface area contributed by atoms with Crippen molar-refractivity contribution < 1.29 is 4.79 Å². The molecule has 104 valence electrons. The van der Waals surface area contributed by atoms with E-state index >= 15 is 0 Å². The van der Waals surface area contributed by atoms with Crippen molar-refractivity contribution in [3.8, 4) is 0 Å². The summed E-state index contributed by atoms with van der Waals surface area (Å²) in [7, 11) is 1.70. The number of hydrogen-bond donors (Lipinski definition) is 2. The van der Waals surface area contributed by atoms with Crippen LogP contribution in [0.5, 0.6) is 0 Å². The van der Waals surface area contributed by atoms with E-state index < -0.39 is 0 Å². The molecule has 0 aliphatic carbocycles. The van der Waals surface area contributed by atoms with Gasteiger partial charge in [-0.25, -0.2) is 0 Å². The lowest BCUT2D eigenvalue weighted by Gasteiger charge is -2.37. The first-order chi connectivity index (χ1) is 9.17. The lowest BCUT2D eigenvalue weighted by molar-refractivity contribution is -0.122. The molecule has 1 heterocycles. The summed E-state index contributed by atoms with van der Waals surface area (Å²) in [5, 5.41) is 2.77. The second kappa shape index (κ2) is 6.06. The van der Waals surface area contributed by atoms with E-state index in [-0.39, 0.29) is 11.9 Å². The molecule has 1 aliphatic rings. The molecule has 1 amide bonds. The lowest BCUT2D eigenvalue weighted by Crippen LogP contribution is -2.49. The Kier molecular flexibility index (Phi) is 4.43. The zero-order chi connectivity index (χ0) is 13.8. The Balaban J connectivity index is 2.34. The minimum atomic E-state index is -0.0632. The van der Waals surface area contributed by atoms with Crippen LogP contribution in [0.3, 0.4) is 0 Å². The third kappa shape index (κ3) is 2.89. The van der Waals surface area contributed by atoms with E-state index in [1.165, 1.54) is 5.56 Å². The molecule has 1 saturated heterocycles. The molecular formula is C15H23N3O. The Morgan fingerprint density at radius 1 is 1.47 bits per heavy atom. The zero-order valence-electron chi connectivity index (χ0n) is 11.8. The molecule has 1 aliphatic heterocycles. The first kappa shape index (κ1) is 13.9. The van der Waals surface area contributed by atoms with Crippen LogP contribution in [-0.2, 0) is 11.3 Å². The number of aryl methyl sites for hydroxylation is 1. The van der Waals surface area contributed by atoms with Crippen molar-refractivity contribution in [2.45, 2.75) is 38.8 Å². The van der Waals surface area contributed by atoms with Gasteiger partial charge in [-0.05, 0) is 37.8 Å². The molecule has 0 bridgehead atoms. The minimum absolute atomic E-state index is 0.0632. The van der Waals surface area contributed by atoms with Gasteiger partial charge in [-0.1, -0.05) is 17.7 Å². The van der Waals surface area contributed by atoms with Gasteiger partial charge < -0.3 is 16.0 Å². The average Bonchev–Trinajstić information content (AvgIpc) is 2.46. The number of carbonyl (C=O) groups excluding carboxylic acids is 1. The highest BCUT2D eigenvalue weighted by Crippen LogP contribution is 2.28. The zero-order valence-corrected chi connectivity index (χ0v) is 11.8. The summed E-state index contributed by atoms with van der Waals surface area (Å²) >= 11 is 0. The molecule has 1 aromatic carbocycles. The predicted molar refractivity (Wildman–Crippen MR) is 78.1 cm³/mol. The maximum atomic E-state index is 12.0. The predicted octanol–water partition coefficient (Wildman–Crippen LogP) is 1.56. The van der Waals surface area contributed by atoms with Gasteiger partial charge in [0.2, 0.25) is 5.91 Å². The average molecular weight is 261 g/mol. The highest BCUT2D eigenvalue weighted by Gasteiger charge is 2.29. The maximum absolute atomic E-state index is 12.0. The highest BCUT2D eigenvalue weighted by atomic mass is 16.2. The van der Waals surface area contributed by atoms with Crippen molar-refractivity contribution in [2.75, 3.05) is 18.5 Å². The number of anilines is 1. The van der Waals surface area contributed by atoms with Crippen LogP contribution in [0.15, 0.2) is 18.2 Å². The smallest absolute Gasteiger partial charge is 0.242 e. The van der Waals surface area contributed by atoms with E-state index in [0.29, 0.717) is 6.54 Å². The molecule has 0 aromatic heterocycles.